The van der Waals surface area contributed by atoms with Crippen LogP contribution in [0, 0.1) is 25.5 Å². The minimum absolute atomic E-state index is 0.0285. The summed E-state index contributed by atoms with van der Waals surface area (Å²) in [5, 5.41) is 7.83. The third-order valence-electron chi connectivity index (χ3n) is 24.3. The normalized spacial score (nSPS) is 13.6. The molecule has 0 bridgehead atoms. The highest BCUT2D eigenvalue weighted by Gasteiger charge is 2.46. The predicted octanol–water partition coefficient (Wildman–Crippen LogP) is 31.9. The maximum absolute atomic E-state index is 13.2. The Balaban J connectivity index is 0.000000100. The molecule has 5 aliphatic rings. The van der Waals surface area contributed by atoms with Crippen molar-refractivity contribution >= 4 is 148 Å². The smallest absolute Gasteiger partial charge is 0.216 e. The number of halogens is 2. The van der Waals surface area contributed by atoms with Gasteiger partial charge in [0.1, 0.15) is 76.5 Å². The zero-order chi connectivity index (χ0) is 94.7. The van der Waals surface area contributed by atoms with E-state index in [1.54, 1.807) is 36.4 Å². The van der Waals surface area contributed by atoms with Crippen molar-refractivity contribution in [2.24, 2.45) is 0 Å². The Kier molecular flexibility index (Phi) is 28.5. The van der Waals surface area contributed by atoms with Crippen molar-refractivity contribution < 1.29 is 26.7 Å². The molecule has 0 amide bonds. The lowest BCUT2D eigenvalue weighted by Crippen LogP contribution is -2.26. The van der Waals surface area contributed by atoms with Crippen LogP contribution in [0.5, 0.6) is 11.5 Å². The lowest BCUT2D eigenvalue weighted by atomic mass is 10.2. The first-order valence-electron chi connectivity index (χ1n) is 45.9. The average molecular weight is 1970 g/mol. The van der Waals surface area contributed by atoms with E-state index >= 15 is 0 Å². The molecular formula is C122H97F2N2O5S8+7. The maximum atomic E-state index is 13.2. The van der Waals surface area contributed by atoms with Crippen molar-refractivity contribution in [2.45, 2.75) is 87.3 Å². The Hall–Kier alpha value is -13.8. The summed E-state index contributed by atoms with van der Waals surface area (Å²) >= 11 is 0. The molecule has 7 nitrogen and oxygen atoms in total. The molecule has 0 spiro atoms. The quantitative estimate of drug-likeness (QED) is 0.126. The Labute approximate surface area is 830 Å². The molecule has 26 rings (SSSR count). The Morgan fingerprint density at radius 2 is 0.568 bits per heavy atom. The van der Waals surface area contributed by atoms with E-state index in [-0.39, 0.29) is 81.6 Å². The Morgan fingerprint density at radius 1 is 0.281 bits per heavy atom. The van der Waals surface area contributed by atoms with E-state index in [2.05, 4.69) is 316 Å². The summed E-state index contributed by atoms with van der Waals surface area (Å²) in [7, 11) is -1.82. The topological polar surface area (TPSA) is 84.9 Å². The first kappa shape index (κ1) is 92.9. The van der Waals surface area contributed by atoms with Gasteiger partial charge in [0.05, 0.1) is 46.7 Å². The van der Waals surface area contributed by atoms with E-state index in [1.807, 2.05) is 146 Å². The number of benzene rings is 19. The minimum atomic E-state index is -3.44. The van der Waals surface area contributed by atoms with Gasteiger partial charge in [-0.3, -0.25) is 4.79 Å². The summed E-state index contributed by atoms with van der Waals surface area (Å²) in [6.07, 6.45) is 0. The molecule has 0 saturated carbocycles. The fourth-order valence-electron chi connectivity index (χ4n) is 17.7. The molecule has 0 atom stereocenters. The van der Waals surface area contributed by atoms with Gasteiger partial charge < -0.3 is 19.7 Å². The van der Waals surface area contributed by atoms with Crippen LogP contribution >= 0.6 is 20.9 Å². The summed E-state index contributed by atoms with van der Waals surface area (Å²) < 4.78 is 68.4. The standard InChI is InChI=1S/C20H18NS.C19H16NS.C19H13OS.C18H12FOS.C18H12FS.C18H13O2S2.C10H13OS/c1-15-11-13-16(14-12-15)22-19-9-5-3-7-17(19)21(2)18-8-4-6-10-20(18)22;1-14-10-12-15(13-11-14)21-18-8-4-2-6-16(18)20-17-7-3-5-9-19(17)21;20-19-15-10-4-6-12-17(15)21(14-8-2-1-3-9-14)18-13-7-5-11-16(18)19;19-13-9-11-14(12-10-13)21-17-7-3-1-5-15(17)20-16-6-2-4-8-18(16)21;19-13-9-11-14(12-10-13)20-17-7-3-1-5-15(17)16-6-2-4-8-18(16)20;19-22(20)17-12-6-4-10-15(17)21(14-8-2-1-3-9-14)16-11-5-7-13-18(16)22;1-2-4-10(5-3-1)12-8-6-11-7-9-12/h3-14H,1-2H3;2-13,20H,1H3;1-13H;1-12H;1-12H;1-13H;1-5H,6-9H2/q7*+1. The van der Waals surface area contributed by atoms with Gasteiger partial charge in [-0.05, 0) is 257 Å². The van der Waals surface area contributed by atoms with Crippen LogP contribution < -0.4 is 20.4 Å². The monoisotopic (exact) mass is 1960 g/mol. The molecule has 680 valence electrons. The molecule has 0 radical (unpaired) electrons. The number of nitrogens with zero attached hydrogens (tertiary/aromatic N) is 1. The molecule has 0 aliphatic carbocycles. The van der Waals surface area contributed by atoms with Crippen LogP contribution in [0.1, 0.15) is 11.1 Å². The lowest BCUT2D eigenvalue weighted by Gasteiger charge is -2.28. The molecule has 0 unspecified atom stereocenters. The number of fused-ring (bicyclic) bond motifs is 13. The van der Waals surface area contributed by atoms with Crippen LogP contribution in [0.25, 0.3) is 50.1 Å². The molecule has 7 heterocycles. The number of para-hydroxylation sites is 6. The molecular weight excluding hydrogens is 1870 g/mol. The molecule has 139 heavy (non-hydrogen) atoms. The molecule has 19 aromatic carbocycles. The number of rotatable bonds is 7. The second-order valence-corrected chi connectivity index (χ2v) is 49.1. The molecule has 1 saturated heterocycles. The van der Waals surface area contributed by atoms with Crippen molar-refractivity contribution in [2.75, 3.05) is 42.0 Å². The van der Waals surface area contributed by atoms with Crippen LogP contribution in [-0.4, -0.2) is 40.2 Å². The summed E-state index contributed by atoms with van der Waals surface area (Å²) in [4.78, 5) is 34.4. The highest BCUT2D eigenvalue weighted by molar-refractivity contribution is 8.01. The van der Waals surface area contributed by atoms with Gasteiger partial charge in [-0.2, -0.15) is 0 Å². The maximum Gasteiger partial charge on any atom is 0.216 e. The van der Waals surface area contributed by atoms with Gasteiger partial charge in [-0.15, -0.1) is 0 Å². The van der Waals surface area contributed by atoms with Gasteiger partial charge >= 0.3 is 0 Å². The van der Waals surface area contributed by atoms with E-state index in [1.165, 1.54) is 122 Å². The molecule has 1 fully saturated rings. The number of thiophene rings is 1. The fourth-order valence-corrected chi connectivity index (χ4v) is 35.9. The third-order valence-corrected chi connectivity index (χ3v) is 42.6. The van der Waals surface area contributed by atoms with E-state index in [0.717, 1.165) is 74.3 Å². The number of hydrogen-bond acceptors (Lipinski definition) is 7. The number of hydrogen-bond donors (Lipinski definition) is 1. The van der Waals surface area contributed by atoms with Gasteiger partial charge in [0.25, 0.3) is 0 Å². The van der Waals surface area contributed by atoms with Gasteiger partial charge in [-0.25, -0.2) is 17.2 Å². The molecule has 17 heteroatoms. The zero-order valence-electron chi connectivity index (χ0n) is 76.4. The van der Waals surface area contributed by atoms with E-state index < -0.39 is 9.84 Å². The van der Waals surface area contributed by atoms with Crippen LogP contribution in [0.2, 0.25) is 0 Å². The molecule has 21 aromatic rings. The van der Waals surface area contributed by atoms with Crippen molar-refractivity contribution in [1.82, 2.24) is 0 Å². The SMILES string of the molecule is Cc1ccc([S+]2c3ccccc3N(C)c3ccccc32)cc1.Cc1ccc([S+]2c3ccccc3Nc3ccccc32)cc1.Fc1ccc(-[s+]2c3ccccc3c3ccccc32)cc1.Fc1ccc([S+]2c3ccccc3Oc3ccccc32)cc1.O=S1(=O)c2ccccc2[S+](c2ccccc2)c2ccccc21.O=c1c2ccccc2[s+](-c2ccccc2)c2ccccc12.c1ccc([S+]2CCOCC2)cc1. The summed E-state index contributed by atoms with van der Waals surface area (Å²) in [6, 6.07) is 161. The van der Waals surface area contributed by atoms with Crippen molar-refractivity contribution in [3.8, 4) is 21.3 Å². The van der Waals surface area contributed by atoms with Crippen LogP contribution in [0.15, 0.2) is 557 Å². The zero-order valence-corrected chi connectivity index (χ0v) is 83.0. The molecule has 1 N–H and O–H groups in total. The molecule has 5 aliphatic heterocycles. The van der Waals surface area contributed by atoms with Crippen molar-refractivity contribution in [3.05, 3.63) is 512 Å². The van der Waals surface area contributed by atoms with Gasteiger partial charge in [0.15, 0.2) is 93.9 Å². The first-order valence-corrected chi connectivity index (χ1v) is 56.2. The van der Waals surface area contributed by atoms with Crippen LogP contribution in [-0.2, 0) is 69.0 Å². The summed E-state index contributed by atoms with van der Waals surface area (Å²) in [6.45, 7) is 6.16. The Bertz CT molecular complexity index is 7690. The van der Waals surface area contributed by atoms with Crippen LogP contribution in [0.4, 0.5) is 31.5 Å². The summed E-state index contributed by atoms with van der Waals surface area (Å²) in [5.74, 6) is 3.79. The minimum Gasteiger partial charge on any atom is -0.447 e. The van der Waals surface area contributed by atoms with E-state index in [0.29, 0.717) is 20.7 Å². The second-order valence-electron chi connectivity index (χ2n) is 33.1. The van der Waals surface area contributed by atoms with Crippen molar-refractivity contribution in [1.29, 1.82) is 0 Å². The van der Waals surface area contributed by atoms with Crippen LogP contribution in [0.3, 0.4) is 0 Å². The molecule has 2 aromatic heterocycles. The number of anilines is 4. The van der Waals surface area contributed by atoms with E-state index in [9.17, 15) is 22.0 Å². The highest BCUT2D eigenvalue weighted by atomic mass is 32.2. The van der Waals surface area contributed by atoms with E-state index in [4.69, 9.17) is 9.47 Å². The lowest BCUT2D eigenvalue weighted by molar-refractivity contribution is 0.159. The van der Waals surface area contributed by atoms with Gasteiger partial charge in [0, 0.05) is 61.8 Å². The fraction of sp³-hybridized carbons (Fsp3) is 0.0574. The van der Waals surface area contributed by atoms with Gasteiger partial charge in [-0.1, -0.05) is 236 Å². The summed E-state index contributed by atoms with van der Waals surface area (Å²) in [5.41, 5.74) is 7.82. The predicted molar refractivity (Wildman–Crippen MR) is 582 cm³/mol. The Morgan fingerprint density at radius 3 is 1.01 bits per heavy atom. The van der Waals surface area contributed by atoms with Gasteiger partial charge in [0.2, 0.25) is 25.1 Å². The third kappa shape index (κ3) is 19.8. The largest absolute Gasteiger partial charge is 0.447 e. The van der Waals surface area contributed by atoms with Crippen molar-refractivity contribution in [3.63, 3.8) is 0 Å². The second kappa shape index (κ2) is 42.7. The number of ether oxygens (including phenoxy) is 2. The number of nitrogens with one attached hydrogen (secondary N) is 1. The first-order chi connectivity index (χ1) is 68.3. The average Bonchev–Trinajstić information content (AvgIpc) is 1.42. The number of aryl methyl sites for hydroxylation is 2. The number of sulfone groups is 1. The highest BCUT2D eigenvalue weighted by Crippen LogP contribution is 2.53.